The zero-order valence-corrected chi connectivity index (χ0v) is 10.8. The molecule has 0 atom stereocenters. The number of rotatable bonds is 5. The van der Waals surface area contributed by atoms with Gasteiger partial charge in [-0.25, -0.2) is 4.98 Å². The number of hydrogen-bond acceptors (Lipinski definition) is 3. The van der Waals surface area contributed by atoms with Gasteiger partial charge in [-0.1, -0.05) is 18.2 Å². The molecule has 1 aromatic heterocycles. The van der Waals surface area contributed by atoms with E-state index >= 15 is 0 Å². The van der Waals surface area contributed by atoms with E-state index in [1.54, 1.807) is 12.5 Å². The molecule has 0 fully saturated rings. The summed E-state index contributed by atoms with van der Waals surface area (Å²) in [4.78, 5) is 4.10. The molecule has 1 heterocycles. The fraction of sp³-hybridized carbons (Fsp3) is 0.357. The first-order valence-electron chi connectivity index (χ1n) is 6.07. The first kappa shape index (κ1) is 12.6. The first-order valence-corrected chi connectivity index (χ1v) is 6.07. The van der Waals surface area contributed by atoms with Gasteiger partial charge in [0.2, 0.25) is 0 Å². The summed E-state index contributed by atoms with van der Waals surface area (Å²) in [5, 5.41) is 9.30. The highest BCUT2D eigenvalue weighted by Gasteiger charge is 2.08. The topological polar surface area (TPSA) is 47.3 Å². The van der Waals surface area contributed by atoms with E-state index in [1.165, 1.54) is 0 Å². The highest BCUT2D eigenvalue weighted by molar-refractivity contribution is 5.40. The van der Waals surface area contributed by atoms with E-state index in [9.17, 15) is 5.11 Å². The van der Waals surface area contributed by atoms with Crippen LogP contribution in [0.3, 0.4) is 0 Å². The summed E-state index contributed by atoms with van der Waals surface area (Å²) in [6.07, 6.45) is 3.60. The van der Waals surface area contributed by atoms with Crippen molar-refractivity contribution in [1.29, 1.82) is 0 Å². The molecule has 2 aromatic rings. The van der Waals surface area contributed by atoms with Crippen LogP contribution in [0.1, 0.15) is 23.7 Å². The number of aryl methyl sites for hydroxylation is 2. The molecule has 0 saturated heterocycles. The Balaban J connectivity index is 2.15. The highest BCUT2D eigenvalue weighted by atomic mass is 16.5. The lowest BCUT2D eigenvalue weighted by atomic mass is 10.1. The zero-order chi connectivity index (χ0) is 13.0. The first-order chi connectivity index (χ1) is 8.76. The summed E-state index contributed by atoms with van der Waals surface area (Å²) in [7, 11) is 0. The minimum absolute atomic E-state index is 0.00987. The van der Waals surface area contributed by atoms with Crippen molar-refractivity contribution in [3.63, 3.8) is 0 Å². The van der Waals surface area contributed by atoms with Crippen molar-refractivity contribution < 1.29 is 9.84 Å². The Hall–Kier alpha value is -1.81. The minimum atomic E-state index is -0.00987. The van der Waals surface area contributed by atoms with Crippen molar-refractivity contribution in [2.24, 2.45) is 0 Å². The predicted molar refractivity (Wildman–Crippen MR) is 69.3 cm³/mol. The summed E-state index contributed by atoms with van der Waals surface area (Å²) in [6.45, 7) is 5.37. The Labute approximate surface area is 107 Å². The van der Waals surface area contributed by atoms with Crippen LogP contribution in [0, 0.1) is 6.92 Å². The maximum atomic E-state index is 9.30. The second-order valence-electron chi connectivity index (χ2n) is 4.18. The normalized spacial score (nSPS) is 10.6. The van der Waals surface area contributed by atoms with E-state index in [-0.39, 0.29) is 6.61 Å². The number of aliphatic hydroxyl groups is 1. The van der Waals surface area contributed by atoms with Gasteiger partial charge in [0, 0.05) is 12.1 Å². The van der Waals surface area contributed by atoms with Crippen LogP contribution in [-0.2, 0) is 19.8 Å². The van der Waals surface area contributed by atoms with E-state index < -0.39 is 0 Å². The Morgan fingerprint density at radius 1 is 1.39 bits per heavy atom. The standard InChI is InChI=1S/C14H18N2O2/c1-3-16-10-15-7-13(16)9-18-14-11(2)5-4-6-12(14)8-17/h4-7,10,17H,3,8-9H2,1-2H3. The number of aliphatic hydroxyl groups excluding tert-OH is 1. The van der Waals surface area contributed by atoms with Crippen molar-refractivity contribution in [1.82, 2.24) is 9.55 Å². The fourth-order valence-electron chi connectivity index (χ4n) is 1.94. The Kier molecular flexibility index (Phi) is 3.99. The molecule has 0 bridgehead atoms. The van der Waals surface area contributed by atoms with Crippen molar-refractivity contribution in [2.75, 3.05) is 0 Å². The smallest absolute Gasteiger partial charge is 0.130 e. The number of benzene rings is 1. The minimum Gasteiger partial charge on any atom is -0.487 e. The van der Waals surface area contributed by atoms with E-state index in [2.05, 4.69) is 11.9 Å². The van der Waals surface area contributed by atoms with Gasteiger partial charge in [-0.05, 0) is 19.4 Å². The monoisotopic (exact) mass is 246 g/mol. The molecule has 0 saturated carbocycles. The molecular formula is C14H18N2O2. The van der Waals surface area contributed by atoms with Gasteiger partial charge in [0.15, 0.2) is 0 Å². The van der Waals surface area contributed by atoms with E-state index in [1.807, 2.05) is 29.7 Å². The molecule has 1 aromatic carbocycles. The maximum Gasteiger partial charge on any atom is 0.130 e. The molecule has 0 unspecified atom stereocenters. The SMILES string of the molecule is CCn1cncc1COc1c(C)cccc1CO. The molecule has 4 heteroatoms. The number of para-hydroxylation sites is 1. The van der Waals surface area contributed by atoms with Gasteiger partial charge >= 0.3 is 0 Å². The van der Waals surface area contributed by atoms with Crippen LogP contribution in [0.25, 0.3) is 0 Å². The average molecular weight is 246 g/mol. The molecule has 1 N–H and O–H groups in total. The molecule has 0 radical (unpaired) electrons. The van der Waals surface area contributed by atoms with Crippen molar-refractivity contribution >= 4 is 0 Å². The summed E-state index contributed by atoms with van der Waals surface area (Å²) in [5.74, 6) is 0.767. The third kappa shape index (κ3) is 2.54. The largest absolute Gasteiger partial charge is 0.487 e. The second-order valence-corrected chi connectivity index (χ2v) is 4.18. The van der Waals surface area contributed by atoms with Gasteiger partial charge in [-0.15, -0.1) is 0 Å². The number of nitrogens with zero attached hydrogens (tertiary/aromatic N) is 2. The van der Waals surface area contributed by atoms with Gasteiger partial charge in [-0.2, -0.15) is 0 Å². The van der Waals surface area contributed by atoms with Crippen molar-refractivity contribution in [2.45, 2.75) is 33.6 Å². The maximum absolute atomic E-state index is 9.30. The van der Waals surface area contributed by atoms with Gasteiger partial charge in [-0.3, -0.25) is 0 Å². The van der Waals surface area contributed by atoms with Gasteiger partial charge in [0.1, 0.15) is 12.4 Å². The Morgan fingerprint density at radius 2 is 2.22 bits per heavy atom. The van der Waals surface area contributed by atoms with Crippen LogP contribution >= 0.6 is 0 Å². The third-order valence-electron chi connectivity index (χ3n) is 2.97. The Bertz CT molecular complexity index is 520. The number of ether oxygens (including phenoxy) is 1. The molecule has 0 aliphatic heterocycles. The van der Waals surface area contributed by atoms with Crippen LogP contribution in [0.15, 0.2) is 30.7 Å². The number of aromatic nitrogens is 2. The molecule has 0 amide bonds. The lowest BCUT2D eigenvalue weighted by Gasteiger charge is -2.13. The summed E-state index contributed by atoms with van der Waals surface area (Å²) in [5.41, 5.74) is 2.88. The molecule has 0 spiro atoms. The van der Waals surface area contributed by atoms with Crippen LogP contribution < -0.4 is 4.74 Å². The molecule has 0 aliphatic carbocycles. The van der Waals surface area contributed by atoms with Gasteiger partial charge < -0.3 is 14.4 Å². The van der Waals surface area contributed by atoms with E-state index in [0.29, 0.717) is 6.61 Å². The molecule has 0 aliphatic rings. The lowest BCUT2D eigenvalue weighted by Crippen LogP contribution is -2.05. The number of imidazole rings is 1. The van der Waals surface area contributed by atoms with Crippen molar-refractivity contribution in [3.8, 4) is 5.75 Å². The Morgan fingerprint density at radius 3 is 2.94 bits per heavy atom. The van der Waals surface area contributed by atoms with E-state index in [4.69, 9.17) is 4.74 Å². The third-order valence-corrected chi connectivity index (χ3v) is 2.97. The van der Waals surface area contributed by atoms with Gasteiger partial charge in [0.25, 0.3) is 0 Å². The highest BCUT2D eigenvalue weighted by Crippen LogP contribution is 2.24. The lowest BCUT2D eigenvalue weighted by molar-refractivity contribution is 0.254. The van der Waals surface area contributed by atoms with Crippen LogP contribution in [0.5, 0.6) is 5.75 Å². The quantitative estimate of drug-likeness (QED) is 0.880. The molecule has 18 heavy (non-hydrogen) atoms. The van der Waals surface area contributed by atoms with Gasteiger partial charge in [0.05, 0.1) is 24.8 Å². The van der Waals surface area contributed by atoms with Crippen LogP contribution in [-0.4, -0.2) is 14.7 Å². The van der Waals surface area contributed by atoms with E-state index in [0.717, 1.165) is 29.1 Å². The van der Waals surface area contributed by atoms with Crippen molar-refractivity contribution in [3.05, 3.63) is 47.5 Å². The molecular weight excluding hydrogens is 228 g/mol. The molecule has 96 valence electrons. The second kappa shape index (κ2) is 5.69. The average Bonchev–Trinajstić information content (AvgIpc) is 2.84. The summed E-state index contributed by atoms with van der Waals surface area (Å²) < 4.78 is 7.86. The molecule has 2 rings (SSSR count). The fourth-order valence-corrected chi connectivity index (χ4v) is 1.94. The summed E-state index contributed by atoms with van der Waals surface area (Å²) in [6, 6.07) is 5.77. The van der Waals surface area contributed by atoms with Crippen LogP contribution in [0.4, 0.5) is 0 Å². The number of hydrogen-bond donors (Lipinski definition) is 1. The predicted octanol–water partition coefficient (Wildman–Crippen LogP) is 2.28. The van der Waals surface area contributed by atoms with Crippen LogP contribution in [0.2, 0.25) is 0 Å². The summed E-state index contributed by atoms with van der Waals surface area (Å²) >= 11 is 0. The zero-order valence-electron chi connectivity index (χ0n) is 10.8. The molecule has 4 nitrogen and oxygen atoms in total.